The van der Waals surface area contributed by atoms with Crippen LogP contribution in [-0.4, -0.2) is 19.0 Å². The van der Waals surface area contributed by atoms with E-state index in [1.807, 2.05) is 30.3 Å². The molecule has 0 bridgehead atoms. The van der Waals surface area contributed by atoms with Crippen molar-refractivity contribution in [1.82, 2.24) is 0 Å². The quantitative estimate of drug-likeness (QED) is 0.786. The molecule has 0 radical (unpaired) electrons. The summed E-state index contributed by atoms with van der Waals surface area (Å²) < 4.78 is 0. The van der Waals surface area contributed by atoms with Crippen LogP contribution < -0.4 is 10.2 Å². The summed E-state index contributed by atoms with van der Waals surface area (Å²) in [6.07, 6.45) is 5.92. The highest BCUT2D eigenvalue weighted by molar-refractivity contribution is 6.06. The number of nitrogens with zero attached hydrogens (tertiary/aromatic N) is 1. The first-order valence-electron chi connectivity index (χ1n) is 9.02. The van der Waals surface area contributed by atoms with Crippen molar-refractivity contribution in [3.63, 3.8) is 0 Å². The first-order chi connectivity index (χ1) is 11.8. The van der Waals surface area contributed by atoms with Gasteiger partial charge in [0.2, 0.25) is 0 Å². The number of amides is 1. The lowest BCUT2D eigenvalue weighted by Gasteiger charge is -2.30. The Morgan fingerprint density at radius 2 is 1.68 bits per heavy atom. The lowest BCUT2D eigenvalue weighted by molar-refractivity contribution is 0.102. The molecule has 3 rings (SSSR count). The zero-order valence-electron chi connectivity index (χ0n) is 14.8. The summed E-state index contributed by atoms with van der Waals surface area (Å²) in [4.78, 5) is 15.0. The van der Waals surface area contributed by atoms with E-state index in [1.165, 1.54) is 24.8 Å². The van der Waals surface area contributed by atoms with Crippen LogP contribution in [0.4, 0.5) is 11.4 Å². The molecule has 25 heavy (non-hydrogen) atoms. The monoisotopic (exact) mass is 358 g/mol. The minimum atomic E-state index is -0.0393. The lowest BCUT2D eigenvalue weighted by Crippen LogP contribution is -2.30. The van der Waals surface area contributed by atoms with E-state index in [-0.39, 0.29) is 18.3 Å². The van der Waals surface area contributed by atoms with Crippen LogP contribution in [0.1, 0.15) is 48.5 Å². The largest absolute Gasteiger partial charge is 0.370 e. The number of piperidine rings is 1. The van der Waals surface area contributed by atoms with Crippen LogP contribution in [0, 0.1) is 0 Å². The smallest absolute Gasteiger partial charge is 0.255 e. The van der Waals surface area contributed by atoms with E-state index < -0.39 is 0 Å². The van der Waals surface area contributed by atoms with Crippen molar-refractivity contribution < 1.29 is 4.79 Å². The van der Waals surface area contributed by atoms with Gasteiger partial charge >= 0.3 is 0 Å². The van der Waals surface area contributed by atoms with Crippen LogP contribution in [0.25, 0.3) is 0 Å². The third kappa shape index (κ3) is 4.99. The molecule has 1 heterocycles. The number of rotatable bonds is 5. The van der Waals surface area contributed by atoms with Gasteiger partial charge in [0.05, 0.1) is 11.4 Å². The van der Waals surface area contributed by atoms with Gasteiger partial charge < -0.3 is 10.2 Å². The summed E-state index contributed by atoms with van der Waals surface area (Å²) in [5.41, 5.74) is 4.03. The standard InChI is InChI=1S/C21H26N2O.ClH/c1-2-8-17-11-13-18(14-12-17)21(24)22-19-9-4-5-10-20(19)23-15-6-3-7-16-23;/h4-5,9-14H,2-3,6-8,15-16H2,1H3,(H,22,24);1H. The normalized spacial score (nSPS) is 13.9. The number of aryl methyl sites for hydroxylation is 1. The van der Waals surface area contributed by atoms with Crippen molar-refractivity contribution in [2.24, 2.45) is 0 Å². The van der Waals surface area contributed by atoms with E-state index in [9.17, 15) is 4.79 Å². The fourth-order valence-electron chi connectivity index (χ4n) is 3.30. The second-order valence-corrected chi connectivity index (χ2v) is 6.47. The predicted molar refractivity (Wildman–Crippen MR) is 108 cm³/mol. The van der Waals surface area contributed by atoms with Gasteiger partial charge in [0.15, 0.2) is 0 Å². The Morgan fingerprint density at radius 1 is 1.00 bits per heavy atom. The predicted octanol–water partition coefficient (Wildman–Crippen LogP) is 5.30. The Morgan fingerprint density at radius 3 is 2.36 bits per heavy atom. The van der Waals surface area contributed by atoms with Crippen LogP contribution in [0.3, 0.4) is 0 Å². The molecule has 0 unspecified atom stereocenters. The van der Waals surface area contributed by atoms with Gasteiger partial charge in [0.1, 0.15) is 0 Å². The Kier molecular flexibility index (Phi) is 7.32. The van der Waals surface area contributed by atoms with Gasteiger partial charge in [-0.05, 0) is 55.5 Å². The third-order valence-electron chi connectivity index (χ3n) is 4.60. The van der Waals surface area contributed by atoms with Crippen LogP contribution in [0.5, 0.6) is 0 Å². The van der Waals surface area contributed by atoms with Crippen molar-refractivity contribution in [2.45, 2.75) is 39.0 Å². The van der Waals surface area contributed by atoms with E-state index in [2.05, 4.69) is 35.3 Å². The van der Waals surface area contributed by atoms with Crippen LogP contribution in [0.2, 0.25) is 0 Å². The maximum absolute atomic E-state index is 12.6. The number of halogens is 1. The molecule has 134 valence electrons. The minimum Gasteiger partial charge on any atom is -0.370 e. The molecular formula is C21H27ClN2O. The molecule has 1 N–H and O–H groups in total. The van der Waals surface area contributed by atoms with Crippen molar-refractivity contribution in [3.05, 3.63) is 59.7 Å². The number of benzene rings is 2. The number of hydrogen-bond donors (Lipinski definition) is 1. The third-order valence-corrected chi connectivity index (χ3v) is 4.60. The van der Waals surface area contributed by atoms with Crippen LogP contribution >= 0.6 is 12.4 Å². The molecule has 1 aliphatic heterocycles. The van der Waals surface area contributed by atoms with Crippen LogP contribution in [0.15, 0.2) is 48.5 Å². The topological polar surface area (TPSA) is 32.3 Å². The van der Waals surface area contributed by atoms with E-state index in [1.54, 1.807) is 0 Å². The molecule has 1 fully saturated rings. The van der Waals surface area contributed by atoms with Gasteiger partial charge in [0, 0.05) is 18.7 Å². The Hall–Kier alpha value is -2.00. The van der Waals surface area contributed by atoms with Gasteiger partial charge in [0.25, 0.3) is 5.91 Å². The van der Waals surface area contributed by atoms with Crippen LogP contribution in [-0.2, 0) is 6.42 Å². The first kappa shape index (κ1) is 19.3. The SMILES string of the molecule is CCCc1ccc(C(=O)Nc2ccccc2N2CCCCC2)cc1.Cl. The average molecular weight is 359 g/mol. The van der Waals surface area contributed by atoms with Gasteiger partial charge in [-0.2, -0.15) is 0 Å². The van der Waals surface area contributed by atoms with E-state index in [0.717, 1.165) is 37.3 Å². The second-order valence-electron chi connectivity index (χ2n) is 6.47. The number of para-hydroxylation sites is 2. The summed E-state index contributed by atoms with van der Waals surface area (Å²) in [5.74, 6) is -0.0393. The number of carbonyl (C=O) groups is 1. The average Bonchev–Trinajstić information content (AvgIpc) is 2.64. The lowest BCUT2D eigenvalue weighted by atomic mass is 10.1. The molecule has 0 spiro atoms. The first-order valence-corrected chi connectivity index (χ1v) is 9.02. The fourth-order valence-corrected chi connectivity index (χ4v) is 3.30. The molecule has 1 aliphatic rings. The summed E-state index contributed by atoms with van der Waals surface area (Å²) in [6, 6.07) is 16.1. The molecule has 0 saturated carbocycles. The molecule has 1 amide bonds. The van der Waals surface area contributed by atoms with Crippen molar-refractivity contribution in [2.75, 3.05) is 23.3 Å². The summed E-state index contributed by atoms with van der Waals surface area (Å²) in [6.45, 7) is 4.30. The Labute approximate surface area is 156 Å². The maximum atomic E-state index is 12.6. The van der Waals surface area contributed by atoms with Crippen molar-refractivity contribution in [3.8, 4) is 0 Å². The van der Waals surface area contributed by atoms with E-state index in [0.29, 0.717) is 5.56 Å². The number of hydrogen-bond acceptors (Lipinski definition) is 2. The minimum absolute atomic E-state index is 0. The zero-order valence-corrected chi connectivity index (χ0v) is 15.6. The molecule has 0 atom stereocenters. The maximum Gasteiger partial charge on any atom is 0.255 e. The second kappa shape index (κ2) is 9.47. The highest BCUT2D eigenvalue weighted by atomic mass is 35.5. The fraction of sp³-hybridized carbons (Fsp3) is 0.381. The zero-order chi connectivity index (χ0) is 16.8. The molecule has 2 aromatic carbocycles. The van der Waals surface area contributed by atoms with Gasteiger partial charge in [-0.15, -0.1) is 12.4 Å². The summed E-state index contributed by atoms with van der Waals surface area (Å²) >= 11 is 0. The molecule has 0 aliphatic carbocycles. The number of carbonyl (C=O) groups excluding carboxylic acids is 1. The van der Waals surface area contributed by atoms with Gasteiger partial charge in [-0.1, -0.05) is 37.6 Å². The summed E-state index contributed by atoms with van der Waals surface area (Å²) in [5, 5.41) is 3.09. The molecule has 3 nitrogen and oxygen atoms in total. The number of anilines is 2. The van der Waals surface area contributed by atoms with Crippen molar-refractivity contribution in [1.29, 1.82) is 0 Å². The molecule has 0 aromatic heterocycles. The molecule has 2 aromatic rings. The highest BCUT2D eigenvalue weighted by Crippen LogP contribution is 2.28. The highest BCUT2D eigenvalue weighted by Gasteiger charge is 2.16. The molecule has 1 saturated heterocycles. The van der Waals surface area contributed by atoms with Crippen molar-refractivity contribution >= 4 is 29.7 Å². The van der Waals surface area contributed by atoms with E-state index >= 15 is 0 Å². The van der Waals surface area contributed by atoms with Gasteiger partial charge in [-0.3, -0.25) is 4.79 Å². The molecular weight excluding hydrogens is 332 g/mol. The Bertz CT molecular complexity index is 679. The number of nitrogens with one attached hydrogen (secondary N) is 1. The summed E-state index contributed by atoms with van der Waals surface area (Å²) in [7, 11) is 0. The molecule has 4 heteroatoms. The Balaban J connectivity index is 0.00000225. The van der Waals surface area contributed by atoms with Gasteiger partial charge in [-0.25, -0.2) is 0 Å². The van der Waals surface area contributed by atoms with E-state index in [4.69, 9.17) is 0 Å².